The molecule has 1 aromatic heterocycles. The summed E-state index contributed by atoms with van der Waals surface area (Å²) in [5, 5.41) is 0. The van der Waals surface area contributed by atoms with E-state index in [1.165, 1.54) is 12.1 Å². The third-order valence-corrected chi connectivity index (χ3v) is 5.37. The predicted octanol–water partition coefficient (Wildman–Crippen LogP) is 4.60. The topological polar surface area (TPSA) is 25.2 Å². The molecular formula is C22H18F2N2O. The van der Waals surface area contributed by atoms with E-state index in [2.05, 4.69) is 0 Å². The minimum Gasteiger partial charge on any atom is -0.325 e. The Morgan fingerprint density at radius 3 is 2.44 bits per heavy atom. The van der Waals surface area contributed by atoms with Crippen LogP contribution in [0.2, 0.25) is 0 Å². The molecule has 1 fully saturated rings. The molecule has 0 unspecified atom stereocenters. The van der Waals surface area contributed by atoms with Crippen LogP contribution in [0.3, 0.4) is 0 Å². The molecule has 5 rings (SSSR count). The van der Waals surface area contributed by atoms with E-state index in [9.17, 15) is 13.6 Å². The first-order valence-electron chi connectivity index (χ1n) is 9.14. The van der Waals surface area contributed by atoms with E-state index >= 15 is 0 Å². The number of hydrogen-bond donors (Lipinski definition) is 0. The highest BCUT2D eigenvalue weighted by atomic mass is 19.1. The lowest BCUT2D eigenvalue weighted by molar-refractivity contribution is -0.135. The molecule has 1 amide bonds. The first kappa shape index (κ1) is 16.2. The van der Waals surface area contributed by atoms with Crippen molar-refractivity contribution < 1.29 is 13.6 Å². The molecule has 0 N–H and O–H groups in total. The second-order valence-corrected chi connectivity index (χ2v) is 7.28. The van der Waals surface area contributed by atoms with Crippen LogP contribution in [-0.2, 0) is 11.3 Å². The van der Waals surface area contributed by atoms with Gasteiger partial charge in [0.05, 0.1) is 11.7 Å². The van der Waals surface area contributed by atoms with Gasteiger partial charge in [-0.2, -0.15) is 0 Å². The monoisotopic (exact) mass is 364 g/mol. The molecule has 0 radical (unpaired) electrons. The van der Waals surface area contributed by atoms with Gasteiger partial charge in [0.25, 0.3) is 0 Å². The normalized spacial score (nSPS) is 18.6. The van der Waals surface area contributed by atoms with Gasteiger partial charge in [0.2, 0.25) is 5.91 Å². The van der Waals surface area contributed by atoms with Gasteiger partial charge in [0.15, 0.2) is 0 Å². The van der Waals surface area contributed by atoms with Gasteiger partial charge in [-0.15, -0.1) is 0 Å². The molecule has 3 aromatic rings. The van der Waals surface area contributed by atoms with Crippen molar-refractivity contribution in [2.45, 2.75) is 25.4 Å². The molecular weight excluding hydrogens is 346 g/mol. The fourth-order valence-electron chi connectivity index (χ4n) is 4.00. The Hall–Kier alpha value is -2.95. The van der Waals surface area contributed by atoms with Gasteiger partial charge in [-0.3, -0.25) is 4.79 Å². The third-order valence-electron chi connectivity index (χ3n) is 5.37. The average Bonchev–Trinajstić information content (AvgIpc) is 3.41. The van der Waals surface area contributed by atoms with Crippen LogP contribution in [0.4, 0.5) is 8.78 Å². The molecule has 0 bridgehead atoms. The van der Waals surface area contributed by atoms with E-state index in [0.29, 0.717) is 12.1 Å². The van der Waals surface area contributed by atoms with E-state index in [4.69, 9.17) is 0 Å². The van der Waals surface area contributed by atoms with Crippen LogP contribution in [0.25, 0.3) is 5.69 Å². The second-order valence-electron chi connectivity index (χ2n) is 7.28. The van der Waals surface area contributed by atoms with Crippen molar-refractivity contribution in [2.75, 3.05) is 0 Å². The molecule has 1 aliphatic heterocycles. The van der Waals surface area contributed by atoms with Crippen LogP contribution in [0, 0.1) is 17.6 Å². The average molecular weight is 364 g/mol. The van der Waals surface area contributed by atoms with Gasteiger partial charge in [-0.25, -0.2) is 8.78 Å². The molecule has 1 saturated carbocycles. The zero-order chi connectivity index (χ0) is 18.5. The lowest BCUT2D eigenvalue weighted by Crippen LogP contribution is -2.35. The summed E-state index contributed by atoms with van der Waals surface area (Å²) in [5.41, 5.74) is 3.29. The van der Waals surface area contributed by atoms with E-state index in [-0.39, 0.29) is 11.8 Å². The lowest BCUT2D eigenvalue weighted by atomic mass is 10.0. The number of halogens is 2. The maximum absolute atomic E-state index is 14.0. The summed E-state index contributed by atoms with van der Waals surface area (Å²) in [6.45, 7) is 0.413. The Balaban J connectivity index is 1.74. The highest BCUT2D eigenvalue weighted by molar-refractivity contribution is 5.82. The number of benzene rings is 2. The maximum Gasteiger partial charge on any atom is 0.226 e. The molecule has 27 heavy (non-hydrogen) atoms. The smallest absolute Gasteiger partial charge is 0.226 e. The minimum atomic E-state index is -0.635. The number of aromatic nitrogens is 1. The third kappa shape index (κ3) is 2.74. The first-order valence-corrected chi connectivity index (χ1v) is 9.14. The molecule has 0 spiro atoms. The van der Waals surface area contributed by atoms with Gasteiger partial charge in [0.1, 0.15) is 11.6 Å². The summed E-state index contributed by atoms with van der Waals surface area (Å²) in [7, 11) is 0. The Morgan fingerprint density at radius 1 is 0.963 bits per heavy atom. The van der Waals surface area contributed by atoms with Gasteiger partial charge in [0, 0.05) is 30.4 Å². The SMILES string of the molecule is O=C(C1CC1)N1Cc2ccccc2-n2cccc2[C@H]1c1cc(F)cc(F)c1. The van der Waals surface area contributed by atoms with E-state index in [0.717, 1.165) is 35.9 Å². The van der Waals surface area contributed by atoms with Crippen molar-refractivity contribution >= 4 is 5.91 Å². The van der Waals surface area contributed by atoms with Crippen LogP contribution in [0.5, 0.6) is 0 Å². The van der Waals surface area contributed by atoms with Crippen LogP contribution in [0.1, 0.15) is 35.7 Å². The molecule has 1 aliphatic carbocycles. The van der Waals surface area contributed by atoms with Crippen molar-refractivity contribution in [1.29, 1.82) is 0 Å². The van der Waals surface area contributed by atoms with E-state index in [1.54, 1.807) is 4.90 Å². The van der Waals surface area contributed by atoms with Crippen molar-refractivity contribution in [3.05, 3.63) is 89.2 Å². The van der Waals surface area contributed by atoms with Gasteiger partial charge < -0.3 is 9.47 Å². The quantitative estimate of drug-likeness (QED) is 0.653. The molecule has 2 aromatic carbocycles. The zero-order valence-electron chi connectivity index (χ0n) is 14.6. The summed E-state index contributed by atoms with van der Waals surface area (Å²) in [6.07, 6.45) is 3.69. The highest BCUT2D eigenvalue weighted by Gasteiger charge is 2.40. The minimum absolute atomic E-state index is 0.0135. The molecule has 1 atom stereocenters. The Bertz CT molecular complexity index is 1020. The number of carbonyl (C=O) groups is 1. The molecule has 2 heterocycles. The number of nitrogens with zero attached hydrogens (tertiary/aromatic N) is 2. The van der Waals surface area contributed by atoms with Gasteiger partial charge in [-0.05, 0) is 54.3 Å². The fraction of sp³-hybridized carbons (Fsp3) is 0.227. The zero-order valence-corrected chi connectivity index (χ0v) is 14.6. The number of para-hydroxylation sites is 1. The summed E-state index contributed by atoms with van der Waals surface area (Å²) < 4.78 is 30.0. The van der Waals surface area contributed by atoms with Crippen molar-refractivity contribution in [3.8, 4) is 5.69 Å². The lowest BCUT2D eigenvalue weighted by Gasteiger charge is -2.31. The second kappa shape index (κ2) is 6.05. The number of fused-ring (bicyclic) bond motifs is 3. The summed E-state index contributed by atoms with van der Waals surface area (Å²) >= 11 is 0. The van der Waals surface area contributed by atoms with Crippen molar-refractivity contribution in [1.82, 2.24) is 9.47 Å². The van der Waals surface area contributed by atoms with Crippen LogP contribution >= 0.6 is 0 Å². The predicted molar refractivity (Wildman–Crippen MR) is 97.2 cm³/mol. The van der Waals surface area contributed by atoms with E-state index < -0.39 is 17.7 Å². The van der Waals surface area contributed by atoms with Crippen LogP contribution in [0.15, 0.2) is 60.8 Å². The fourth-order valence-corrected chi connectivity index (χ4v) is 4.00. The first-order chi connectivity index (χ1) is 13.1. The van der Waals surface area contributed by atoms with Crippen molar-refractivity contribution in [3.63, 3.8) is 0 Å². The van der Waals surface area contributed by atoms with Crippen molar-refractivity contribution in [2.24, 2.45) is 5.92 Å². The Labute approximate surface area is 155 Å². The summed E-state index contributed by atoms with van der Waals surface area (Å²) in [6, 6.07) is 14.7. The molecule has 0 saturated heterocycles. The van der Waals surface area contributed by atoms with Crippen LogP contribution in [-0.4, -0.2) is 15.4 Å². The molecule has 3 nitrogen and oxygen atoms in total. The van der Waals surface area contributed by atoms with E-state index in [1.807, 2.05) is 47.2 Å². The number of hydrogen-bond acceptors (Lipinski definition) is 1. The largest absolute Gasteiger partial charge is 0.325 e. The highest BCUT2D eigenvalue weighted by Crippen LogP contribution is 2.41. The number of carbonyl (C=O) groups excluding carboxylic acids is 1. The van der Waals surface area contributed by atoms with Crippen LogP contribution < -0.4 is 0 Å². The standard InChI is InChI=1S/C22H18F2N2O/c23-17-10-16(11-18(24)12-17)21-20-6-3-9-25(20)19-5-2-1-4-15(19)13-26(21)22(27)14-7-8-14/h1-6,9-12,14,21H,7-8,13H2/t21-/m1/s1. The van der Waals surface area contributed by atoms with Gasteiger partial charge in [-0.1, -0.05) is 18.2 Å². The Kier molecular flexibility index (Phi) is 3.64. The van der Waals surface area contributed by atoms with Gasteiger partial charge >= 0.3 is 0 Å². The number of amides is 1. The molecule has 2 aliphatic rings. The number of rotatable bonds is 2. The Morgan fingerprint density at radius 2 is 1.70 bits per heavy atom. The molecule has 5 heteroatoms. The summed E-state index contributed by atoms with van der Waals surface area (Å²) in [4.78, 5) is 14.9. The summed E-state index contributed by atoms with van der Waals surface area (Å²) in [5.74, 6) is -1.21. The molecule has 136 valence electrons. The maximum atomic E-state index is 14.0.